The van der Waals surface area contributed by atoms with Crippen LogP contribution in [0.5, 0.6) is 11.5 Å². The van der Waals surface area contributed by atoms with Gasteiger partial charge in [-0.25, -0.2) is 4.98 Å². The lowest BCUT2D eigenvalue weighted by Gasteiger charge is -2.13. The minimum Gasteiger partial charge on any atom is -0.493 e. The van der Waals surface area contributed by atoms with Gasteiger partial charge in [-0.05, 0) is 52.2 Å². The second kappa shape index (κ2) is 10.0. The molecule has 0 atom stereocenters. The molecule has 174 valence electrons. The van der Waals surface area contributed by atoms with Crippen molar-refractivity contribution in [2.75, 3.05) is 12.5 Å². The highest BCUT2D eigenvalue weighted by molar-refractivity contribution is 6.32. The summed E-state index contributed by atoms with van der Waals surface area (Å²) in [7, 11) is 1.50. The molecule has 0 amide bonds. The van der Waals surface area contributed by atoms with E-state index >= 15 is 0 Å². The number of hydrazone groups is 1. The van der Waals surface area contributed by atoms with Gasteiger partial charge < -0.3 is 9.47 Å². The normalized spacial score (nSPS) is 11.7. The first kappa shape index (κ1) is 23.4. The fourth-order valence-corrected chi connectivity index (χ4v) is 3.51. The summed E-state index contributed by atoms with van der Waals surface area (Å²) >= 11 is 6.42. The Morgan fingerprint density at radius 3 is 2.53 bits per heavy atom. The van der Waals surface area contributed by atoms with Crippen molar-refractivity contribution in [1.29, 1.82) is 0 Å². The lowest BCUT2D eigenvalue weighted by Crippen LogP contribution is -2.05. The standard InChI is InChI=1S/C25H19ClF3N3O2/c1-33-22-12-17(13-31-32-23-9-8-20(14-30-23)25(27,28)29)11-21(26)24(22)34-15-16-6-7-18-4-2-3-5-19(18)10-16/h2-14H,15H2,1H3,(H,30,32)/b31-13-. The number of aromatic nitrogens is 1. The van der Waals surface area contributed by atoms with Gasteiger partial charge in [-0.15, -0.1) is 0 Å². The molecule has 5 nitrogen and oxygen atoms in total. The van der Waals surface area contributed by atoms with Crippen LogP contribution in [-0.2, 0) is 12.8 Å². The number of nitrogens with one attached hydrogen (secondary N) is 1. The van der Waals surface area contributed by atoms with Crippen LogP contribution in [0.3, 0.4) is 0 Å². The maximum Gasteiger partial charge on any atom is 0.417 e. The van der Waals surface area contributed by atoms with Crippen LogP contribution in [0.1, 0.15) is 16.7 Å². The number of benzene rings is 3. The van der Waals surface area contributed by atoms with Crippen molar-refractivity contribution in [3.8, 4) is 11.5 Å². The largest absolute Gasteiger partial charge is 0.493 e. The third-order valence-corrected chi connectivity index (χ3v) is 5.21. The highest BCUT2D eigenvalue weighted by atomic mass is 35.5. The minimum atomic E-state index is -4.44. The number of hydrogen-bond donors (Lipinski definition) is 1. The fraction of sp³-hybridized carbons (Fsp3) is 0.120. The van der Waals surface area contributed by atoms with Gasteiger partial charge in [0.25, 0.3) is 0 Å². The molecule has 0 unspecified atom stereocenters. The summed E-state index contributed by atoms with van der Waals surface area (Å²) in [6, 6.07) is 19.6. The van der Waals surface area contributed by atoms with E-state index in [0.29, 0.717) is 28.7 Å². The molecule has 0 aliphatic heterocycles. The SMILES string of the molecule is COc1cc(/C=N\Nc2ccc(C(F)(F)F)cn2)cc(Cl)c1OCc1ccc2ccccc2c1. The van der Waals surface area contributed by atoms with Crippen molar-refractivity contribution in [2.24, 2.45) is 5.10 Å². The van der Waals surface area contributed by atoms with Crippen LogP contribution in [-0.4, -0.2) is 18.3 Å². The highest BCUT2D eigenvalue weighted by Gasteiger charge is 2.30. The van der Waals surface area contributed by atoms with Crippen LogP contribution in [0.25, 0.3) is 10.8 Å². The number of halogens is 4. The molecule has 0 aliphatic rings. The van der Waals surface area contributed by atoms with Gasteiger partial charge in [-0.1, -0.05) is 48.0 Å². The van der Waals surface area contributed by atoms with Crippen LogP contribution in [0.15, 0.2) is 78.0 Å². The van der Waals surface area contributed by atoms with Crippen LogP contribution < -0.4 is 14.9 Å². The van der Waals surface area contributed by atoms with Crippen molar-refractivity contribution in [3.63, 3.8) is 0 Å². The van der Waals surface area contributed by atoms with Gasteiger partial charge in [-0.2, -0.15) is 18.3 Å². The summed E-state index contributed by atoms with van der Waals surface area (Å²) in [4.78, 5) is 3.70. The summed E-state index contributed by atoms with van der Waals surface area (Å²) in [6.07, 6.45) is -2.26. The number of ether oxygens (including phenoxy) is 2. The zero-order valence-corrected chi connectivity index (χ0v) is 18.7. The Morgan fingerprint density at radius 1 is 1.03 bits per heavy atom. The van der Waals surface area contributed by atoms with Gasteiger partial charge in [0.05, 0.1) is 23.9 Å². The Hall–Kier alpha value is -3.78. The third-order valence-electron chi connectivity index (χ3n) is 4.93. The maximum atomic E-state index is 12.6. The van der Waals surface area contributed by atoms with E-state index in [9.17, 15) is 13.2 Å². The predicted octanol–water partition coefficient (Wildman–Crippen LogP) is 6.94. The van der Waals surface area contributed by atoms with E-state index in [2.05, 4.69) is 21.6 Å². The topological polar surface area (TPSA) is 55.7 Å². The Labute approximate surface area is 198 Å². The summed E-state index contributed by atoms with van der Waals surface area (Å²) in [5.41, 5.74) is 3.32. The molecule has 0 spiro atoms. The average molecular weight is 486 g/mol. The van der Waals surface area contributed by atoms with Crippen molar-refractivity contribution in [3.05, 3.63) is 94.6 Å². The first-order valence-corrected chi connectivity index (χ1v) is 10.5. The lowest BCUT2D eigenvalue weighted by molar-refractivity contribution is -0.137. The lowest BCUT2D eigenvalue weighted by atomic mass is 10.1. The van der Waals surface area contributed by atoms with E-state index in [1.807, 2.05) is 36.4 Å². The number of pyridine rings is 1. The summed E-state index contributed by atoms with van der Waals surface area (Å²) in [5, 5.41) is 6.58. The van der Waals surface area contributed by atoms with Gasteiger partial charge in [0.15, 0.2) is 11.5 Å². The predicted molar refractivity (Wildman–Crippen MR) is 127 cm³/mol. The van der Waals surface area contributed by atoms with Crippen LogP contribution in [0.2, 0.25) is 5.02 Å². The number of fused-ring (bicyclic) bond motifs is 1. The number of anilines is 1. The average Bonchev–Trinajstić information content (AvgIpc) is 2.82. The third kappa shape index (κ3) is 5.58. The molecule has 1 N–H and O–H groups in total. The Kier molecular flexibility index (Phi) is 6.88. The highest BCUT2D eigenvalue weighted by Crippen LogP contribution is 2.37. The number of nitrogens with zero attached hydrogens (tertiary/aromatic N) is 2. The number of methoxy groups -OCH3 is 1. The smallest absolute Gasteiger partial charge is 0.417 e. The molecule has 9 heteroatoms. The molecular formula is C25H19ClF3N3O2. The zero-order chi connectivity index (χ0) is 24.1. The van der Waals surface area contributed by atoms with Gasteiger partial charge in [0.1, 0.15) is 12.4 Å². The number of alkyl halides is 3. The molecule has 3 aromatic carbocycles. The quantitative estimate of drug-likeness (QED) is 0.227. The Balaban J connectivity index is 1.44. The van der Waals surface area contributed by atoms with E-state index in [-0.39, 0.29) is 5.82 Å². The Bertz CT molecular complexity index is 1330. The van der Waals surface area contributed by atoms with Gasteiger partial charge >= 0.3 is 6.18 Å². The van der Waals surface area contributed by atoms with Crippen molar-refractivity contribution in [1.82, 2.24) is 4.98 Å². The summed E-state index contributed by atoms with van der Waals surface area (Å²) in [5.74, 6) is 0.979. The first-order valence-electron chi connectivity index (χ1n) is 10.1. The summed E-state index contributed by atoms with van der Waals surface area (Å²) in [6.45, 7) is 0.301. The Morgan fingerprint density at radius 2 is 1.82 bits per heavy atom. The second-order valence-electron chi connectivity index (χ2n) is 7.30. The second-order valence-corrected chi connectivity index (χ2v) is 7.71. The molecular weight excluding hydrogens is 467 g/mol. The van der Waals surface area contributed by atoms with E-state index in [4.69, 9.17) is 21.1 Å². The van der Waals surface area contributed by atoms with E-state index < -0.39 is 11.7 Å². The molecule has 0 bridgehead atoms. The number of hydrogen-bond acceptors (Lipinski definition) is 5. The minimum absolute atomic E-state index is 0.164. The molecule has 0 saturated carbocycles. The van der Waals surface area contributed by atoms with E-state index in [1.54, 1.807) is 12.1 Å². The van der Waals surface area contributed by atoms with Crippen molar-refractivity contribution >= 4 is 34.4 Å². The molecule has 1 aromatic heterocycles. The van der Waals surface area contributed by atoms with Crippen LogP contribution in [0, 0.1) is 0 Å². The van der Waals surface area contributed by atoms with Gasteiger partial charge in [-0.3, -0.25) is 5.43 Å². The molecule has 0 radical (unpaired) electrons. The molecule has 4 aromatic rings. The van der Waals surface area contributed by atoms with Gasteiger partial charge in [0.2, 0.25) is 0 Å². The number of rotatable bonds is 7. The maximum absolute atomic E-state index is 12.6. The monoisotopic (exact) mass is 485 g/mol. The van der Waals surface area contributed by atoms with E-state index in [1.165, 1.54) is 19.4 Å². The molecule has 0 fully saturated rings. The zero-order valence-electron chi connectivity index (χ0n) is 17.9. The molecule has 34 heavy (non-hydrogen) atoms. The first-order chi connectivity index (χ1) is 16.3. The molecule has 0 saturated heterocycles. The van der Waals surface area contributed by atoms with E-state index in [0.717, 1.165) is 28.6 Å². The molecule has 0 aliphatic carbocycles. The van der Waals surface area contributed by atoms with Crippen molar-refractivity contribution < 1.29 is 22.6 Å². The van der Waals surface area contributed by atoms with Gasteiger partial charge in [0, 0.05) is 6.20 Å². The summed E-state index contributed by atoms with van der Waals surface area (Å²) < 4.78 is 49.2. The van der Waals surface area contributed by atoms with Crippen LogP contribution >= 0.6 is 11.6 Å². The molecule has 4 rings (SSSR count). The van der Waals surface area contributed by atoms with Crippen molar-refractivity contribution in [2.45, 2.75) is 12.8 Å². The fourth-order valence-electron chi connectivity index (χ4n) is 3.24. The molecule has 1 heterocycles. The van der Waals surface area contributed by atoms with Crippen LogP contribution in [0.4, 0.5) is 19.0 Å².